The van der Waals surface area contributed by atoms with Gasteiger partial charge in [-0.1, -0.05) is 24.3 Å². The number of rotatable bonds is 5. The molecule has 1 saturated heterocycles. The highest BCUT2D eigenvalue weighted by molar-refractivity contribution is 6.06. The van der Waals surface area contributed by atoms with Gasteiger partial charge < -0.3 is 9.15 Å². The Hall–Kier alpha value is -3.48. The number of amides is 2. The molecule has 31 heavy (non-hydrogen) atoms. The Morgan fingerprint density at radius 2 is 1.84 bits per heavy atom. The van der Waals surface area contributed by atoms with E-state index in [0.29, 0.717) is 29.3 Å². The van der Waals surface area contributed by atoms with Crippen molar-refractivity contribution in [3.8, 4) is 11.3 Å². The molecule has 1 aliphatic heterocycles. The number of hydrogen-bond acceptors (Lipinski definition) is 6. The summed E-state index contributed by atoms with van der Waals surface area (Å²) in [6.07, 6.45) is 7.45. The Balaban J connectivity index is 1.34. The molecule has 6 rings (SSSR count). The first-order valence-corrected chi connectivity index (χ1v) is 10.5. The van der Waals surface area contributed by atoms with Crippen LogP contribution in [0.2, 0.25) is 0 Å². The number of furan rings is 1. The van der Waals surface area contributed by atoms with Gasteiger partial charge >= 0.3 is 5.97 Å². The standard InChI is InChI=1S/C24H22N2O5/c1-2-30-24(29)17-5-3-4-16(12-17)19-11-10-18(31-19)13-25-26-22(27)20-14-6-7-15(9-8-14)21(20)23(26)28/h3-7,10-15,20-21H,2,8-9H2,1H3/b25-13-/t14-,15+,20-,21+. The van der Waals surface area contributed by atoms with Crippen LogP contribution in [0.3, 0.4) is 0 Å². The number of carbonyl (C=O) groups excluding carboxylic acids is 3. The van der Waals surface area contributed by atoms with Gasteiger partial charge in [-0.25, -0.2) is 4.79 Å². The lowest BCUT2D eigenvalue weighted by molar-refractivity contribution is -0.140. The number of carbonyl (C=O) groups is 3. The molecule has 158 valence electrons. The number of fused-ring (bicyclic) bond motifs is 1. The first-order chi connectivity index (χ1) is 15.1. The van der Waals surface area contributed by atoms with Gasteiger partial charge in [-0.2, -0.15) is 10.1 Å². The summed E-state index contributed by atoms with van der Waals surface area (Å²) in [6, 6.07) is 10.4. The molecule has 3 aliphatic carbocycles. The summed E-state index contributed by atoms with van der Waals surface area (Å²) in [5, 5.41) is 5.18. The molecule has 0 spiro atoms. The number of hydrazone groups is 1. The molecular weight excluding hydrogens is 396 g/mol. The van der Waals surface area contributed by atoms with Crippen molar-refractivity contribution in [2.75, 3.05) is 6.61 Å². The van der Waals surface area contributed by atoms with Crippen LogP contribution in [0.1, 0.15) is 35.9 Å². The second-order valence-electron chi connectivity index (χ2n) is 8.08. The van der Waals surface area contributed by atoms with Gasteiger partial charge in [-0.3, -0.25) is 9.59 Å². The lowest BCUT2D eigenvalue weighted by Gasteiger charge is -2.37. The molecule has 0 radical (unpaired) electrons. The van der Waals surface area contributed by atoms with E-state index in [4.69, 9.17) is 9.15 Å². The van der Waals surface area contributed by atoms with Crippen LogP contribution in [0.5, 0.6) is 0 Å². The van der Waals surface area contributed by atoms with Crippen LogP contribution in [-0.4, -0.2) is 35.6 Å². The summed E-state index contributed by atoms with van der Waals surface area (Å²) in [7, 11) is 0. The van der Waals surface area contributed by atoms with Crippen LogP contribution in [0, 0.1) is 23.7 Å². The highest BCUT2D eigenvalue weighted by Crippen LogP contribution is 2.49. The normalized spacial score (nSPS) is 26.7. The van der Waals surface area contributed by atoms with Gasteiger partial charge in [0, 0.05) is 5.56 Å². The zero-order valence-corrected chi connectivity index (χ0v) is 17.1. The zero-order chi connectivity index (χ0) is 21.5. The van der Waals surface area contributed by atoms with Gasteiger partial charge in [0.15, 0.2) is 0 Å². The Labute approximate surface area is 179 Å². The molecule has 7 nitrogen and oxygen atoms in total. The molecule has 7 heteroatoms. The number of allylic oxidation sites excluding steroid dienone is 2. The fraction of sp³-hybridized carbons (Fsp3) is 0.333. The molecular formula is C24H22N2O5. The van der Waals surface area contributed by atoms with Crippen molar-refractivity contribution < 1.29 is 23.5 Å². The smallest absolute Gasteiger partial charge is 0.338 e. The van der Waals surface area contributed by atoms with Crippen molar-refractivity contribution in [1.29, 1.82) is 0 Å². The molecule has 0 unspecified atom stereocenters. The van der Waals surface area contributed by atoms with E-state index in [1.54, 1.807) is 37.3 Å². The van der Waals surface area contributed by atoms with E-state index in [1.165, 1.54) is 6.21 Å². The minimum Gasteiger partial charge on any atom is -0.462 e. The Morgan fingerprint density at radius 3 is 2.48 bits per heavy atom. The molecule has 1 aromatic carbocycles. The van der Waals surface area contributed by atoms with E-state index in [0.717, 1.165) is 17.9 Å². The third-order valence-electron chi connectivity index (χ3n) is 6.32. The van der Waals surface area contributed by atoms with Crippen molar-refractivity contribution in [2.24, 2.45) is 28.8 Å². The molecule has 2 heterocycles. The molecule has 2 amide bonds. The average Bonchev–Trinajstić information content (AvgIpc) is 3.38. The van der Waals surface area contributed by atoms with Crippen LogP contribution in [0.4, 0.5) is 0 Å². The van der Waals surface area contributed by atoms with E-state index in [1.807, 2.05) is 6.07 Å². The number of nitrogens with zero attached hydrogens (tertiary/aromatic N) is 2. The fourth-order valence-electron chi connectivity index (χ4n) is 4.88. The number of hydrogen-bond donors (Lipinski definition) is 0. The van der Waals surface area contributed by atoms with Crippen LogP contribution in [0.15, 0.2) is 58.1 Å². The van der Waals surface area contributed by atoms with Gasteiger partial charge in [0.25, 0.3) is 11.8 Å². The number of ether oxygens (including phenoxy) is 1. The monoisotopic (exact) mass is 418 g/mol. The van der Waals surface area contributed by atoms with Crippen LogP contribution < -0.4 is 0 Å². The quantitative estimate of drug-likeness (QED) is 0.320. The number of benzene rings is 1. The van der Waals surface area contributed by atoms with Crippen molar-refractivity contribution in [3.63, 3.8) is 0 Å². The SMILES string of the molecule is CCOC(=O)c1cccc(-c2ccc(/C=N\N3C(=O)[C@@H]4[C@H](C3=O)[C@@H]3C=C[C@H]4CC3)o2)c1. The van der Waals surface area contributed by atoms with Crippen LogP contribution in [0.25, 0.3) is 11.3 Å². The molecule has 4 atom stereocenters. The minimum absolute atomic E-state index is 0.133. The number of esters is 1. The maximum atomic E-state index is 12.8. The molecule has 2 aromatic rings. The van der Waals surface area contributed by atoms with Gasteiger partial charge in [0.1, 0.15) is 11.5 Å². The summed E-state index contributed by atoms with van der Waals surface area (Å²) in [5.74, 6) is -0.192. The maximum absolute atomic E-state index is 12.8. The predicted molar refractivity (Wildman–Crippen MR) is 112 cm³/mol. The predicted octanol–water partition coefficient (Wildman–Crippen LogP) is 3.65. The van der Waals surface area contributed by atoms with Crippen molar-refractivity contribution >= 4 is 24.0 Å². The Morgan fingerprint density at radius 1 is 1.13 bits per heavy atom. The van der Waals surface area contributed by atoms with E-state index in [-0.39, 0.29) is 35.5 Å². The summed E-state index contributed by atoms with van der Waals surface area (Å²) >= 11 is 0. The second-order valence-corrected chi connectivity index (χ2v) is 8.08. The molecule has 2 bridgehead atoms. The highest BCUT2D eigenvalue weighted by Gasteiger charge is 2.56. The van der Waals surface area contributed by atoms with Crippen molar-refractivity contribution in [3.05, 3.63) is 59.9 Å². The summed E-state index contributed by atoms with van der Waals surface area (Å²) in [4.78, 5) is 37.6. The first-order valence-electron chi connectivity index (χ1n) is 10.5. The third-order valence-corrected chi connectivity index (χ3v) is 6.32. The molecule has 1 saturated carbocycles. The van der Waals surface area contributed by atoms with Crippen LogP contribution in [-0.2, 0) is 14.3 Å². The van der Waals surface area contributed by atoms with E-state index in [9.17, 15) is 14.4 Å². The Bertz CT molecular complexity index is 1080. The molecule has 4 aliphatic rings. The summed E-state index contributed by atoms with van der Waals surface area (Å²) in [5.41, 5.74) is 1.15. The minimum atomic E-state index is -0.395. The van der Waals surface area contributed by atoms with Gasteiger partial charge in [-0.05, 0) is 55.9 Å². The lowest BCUT2D eigenvalue weighted by atomic mass is 9.63. The first kappa shape index (κ1) is 19.5. The second kappa shape index (κ2) is 7.65. The van der Waals surface area contributed by atoms with Crippen molar-refractivity contribution in [1.82, 2.24) is 5.01 Å². The highest BCUT2D eigenvalue weighted by atomic mass is 16.5. The third kappa shape index (κ3) is 3.30. The van der Waals surface area contributed by atoms with Gasteiger partial charge in [0.2, 0.25) is 0 Å². The fourth-order valence-corrected chi connectivity index (χ4v) is 4.88. The van der Waals surface area contributed by atoms with Gasteiger partial charge in [-0.15, -0.1) is 0 Å². The summed E-state index contributed by atoms with van der Waals surface area (Å²) in [6.45, 7) is 2.06. The lowest BCUT2D eigenvalue weighted by Crippen LogP contribution is -2.38. The molecule has 2 fully saturated rings. The van der Waals surface area contributed by atoms with Crippen LogP contribution >= 0.6 is 0 Å². The van der Waals surface area contributed by atoms with E-state index < -0.39 is 5.97 Å². The average molecular weight is 418 g/mol. The largest absolute Gasteiger partial charge is 0.462 e. The maximum Gasteiger partial charge on any atom is 0.338 e. The molecule has 1 aromatic heterocycles. The number of imide groups is 1. The Kier molecular flexibility index (Phi) is 4.81. The summed E-state index contributed by atoms with van der Waals surface area (Å²) < 4.78 is 10.8. The topological polar surface area (TPSA) is 89.2 Å². The van der Waals surface area contributed by atoms with Gasteiger partial charge in [0.05, 0.1) is 30.2 Å². The van der Waals surface area contributed by atoms with Crippen molar-refractivity contribution in [2.45, 2.75) is 19.8 Å². The van der Waals surface area contributed by atoms with E-state index >= 15 is 0 Å². The zero-order valence-electron chi connectivity index (χ0n) is 17.1. The van der Waals surface area contributed by atoms with E-state index in [2.05, 4.69) is 17.3 Å². The molecule has 0 N–H and O–H groups in total.